The molecule has 3 heteroatoms. The van der Waals surface area contributed by atoms with Crippen molar-refractivity contribution in [2.75, 3.05) is 0 Å². The first-order valence-electron chi connectivity index (χ1n) is 7.11. The minimum Gasteiger partial charge on any atom is -0.341 e. The van der Waals surface area contributed by atoms with E-state index in [4.69, 9.17) is 0 Å². The number of fused-ring (bicyclic) bond motifs is 1. The molecule has 0 saturated carbocycles. The Balaban J connectivity index is 1.81. The van der Waals surface area contributed by atoms with E-state index >= 15 is 0 Å². The number of imidazole rings is 1. The van der Waals surface area contributed by atoms with Crippen LogP contribution in [0.15, 0.2) is 12.3 Å². The average molecular weight is 245 g/mol. The summed E-state index contributed by atoms with van der Waals surface area (Å²) in [5.74, 6) is 1.08. The predicted octanol–water partition coefficient (Wildman–Crippen LogP) is 4.17. The van der Waals surface area contributed by atoms with Crippen LogP contribution in [0.2, 0.25) is 0 Å². The molecule has 0 radical (unpaired) electrons. The second kappa shape index (κ2) is 6.53. The van der Waals surface area contributed by atoms with E-state index in [9.17, 15) is 0 Å². The Kier molecular flexibility index (Phi) is 4.73. The van der Waals surface area contributed by atoms with E-state index in [-0.39, 0.29) is 0 Å². The molecule has 0 atom stereocenters. The van der Waals surface area contributed by atoms with Crippen LogP contribution in [-0.4, -0.2) is 15.0 Å². The number of unbranched alkanes of at least 4 members (excludes halogenated alkanes) is 5. The van der Waals surface area contributed by atoms with Crippen LogP contribution in [0.3, 0.4) is 0 Å². The lowest BCUT2D eigenvalue weighted by atomic mass is 10.1. The zero-order valence-corrected chi connectivity index (χ0v) is 11.5. The third kappa shape index (κ3) is 3.56. The number of H-pyrrole nitrogens is 1. The summed E-state index contributed by atoms with van der Waals surface area (Å²) in [4.78, 5) is 12.2. The van der Waals surface area contributed by atoms with Gasteiger partial charge in [-0.2, -0.15) is 0 Å². The maximum absolute atomic E-state index is 4.52. The van der Waals surface area contributed by atoms with Crippen LogP contribution in [0, 0.1) is 6.92 Å². The van der Waals surface area contributed by atoms with Crippen molar-refractivity contribution in [2.24, 2.45) is 0 Å². The Morgan fingerprint density at radius 3 is 2.72 bits per heavy atom. The second-order valence-corrected chi connectivity index (χ2v) is 5.09. The van der Waals surface area contributed by atoms with E-state index in [0.717, 1.165) is 23.4 Å². The van der Waals surface area contributed by atoms with Gasteiger partial charge in [-0.1, -0.05) is 39.0 Å². The summed E-state index contributed by atoms with van der Waals surface area (Å²) in [7, 11) is 0. The molecule has 0 spiro atoms. The highest BCUT2D eigenvalue weighted by Crippen LogP contribution is 2.13. The van der Waals surface area contributed by atoms with Gasteiger partial charge in [0.25, 0.3) is 0 Å². The molecule has 2 rings (SSSR count). The molecule has 2 aromatic heterocycles. The highest BCUT2D eigenvalue weighted by atomic mass is 15.0. The van der Waals surface area contributed by atoms with Crippen molar-refractivity contribution < 1.29 is 0 Å². The van der Waals surface area contributed by atoms with Crippen LogP contribution < -0.4 is 0 Å². The van der Waals surface area contributed by atoms with Gasteiger partial charge in [-0.25, -0.2) is 9.97 Å². The number of hydrogen-bond donors (Lipinski definition) is 1. The van der Waals surface area contributed by atoms with Crippen molar-refractivity contribution >= 4 is 11.2 Å². The number of hydrogen-bond acceptors (Lipinski definition) is 2. The molecule has 0 aliphatic rings. The van der Waals surface area contributed by atoms with Crippen molar-refractivity contribution in [1.29, 1.82) is 0 Å². The molecule has 0 aliphatic carbocycles. The number of aromatic amines is 1. The van der Waals surface area contributed by atoms with Crippen LogP contribution >= 0.6 is 0 Å². The highest BCUT2D eigenvalue weighted by molar-refractivity contribution is 5.70. The number of nitrogens with zero attached hydrogens (tertiary/aromatic N) is 2. The zero-order chi connectivity index (χ0) is 12.8. The smallest absolute Gasteiger partial charge is 0.177 e. The molecular formula is C15H23N3. The molecule has 0 bridgehead atoms. The highest BCUT2D eigenvalue weighted by Gasteiger charge is 2.03. The zero-order valence-electron chi connectivity index (χ0n) is 11.5. The van der Waals surface area contributed by atoms with Crippen molar-refractivity contribution in [3.63, 3.8) is 0 Å². The summed E-state index contributed by atoms with van der Waals surface area (Å²) in [6.45, 7) is 4.31. The first-order chi connectivity index (χ1) is 8.79. The van der Waals surface area contributed by atoms with Gasteiger partial charge >= 0.3 is 0 Å². The average Bonchev–Trinajstić information content (AvgIpc) is 2.75. The van der Waals surface area contributed by atoms with Crippen LogP contribution in [0.1, 0.15) is 56.8 Å². The maximum Gasteiger partial charge on any atom is 0.177 e. The summed E-state index contributed by atoms with van der Waals surface area (Å²) in [5.41, 5.74) is 3.09. The maximum atomic E-state index is 4.52. The van der Waals surface area contributed by atoms with E-state index in [0.29, 0.717) is 0 Å². The largest absolute Gasteiger partial charge is 0.341 e. The number of nitrogens with one attached hydrogen (secondary N) is 1. The monoisotopic (exact) mass is 245 g/mol. The topological polar surface area (TPSA) is 41.6 Å². The Hall–Kier alpha value is -1.38. The van der Waals surface area contributed by atoms with Crippen LogP contribution in [0.5, 0.6) is 0 Å². The molecule has 0 saturated heterocycles. The van der Waals surface area contributed by atoms with Gasteiger partial charge < -0.3 is 4.98 Å². The lowest BCUT2D eigenvalue weighted by Crippen LogP contribution is -1.88. The van der Waals surface area contributed by atoms with Gasteiger partial charge in [0.15, 0.2) is 5.65 Å². The molecule has 0 amide bonds. The van der Waals surface area contributed by atoms with Crippen molar-refractivity contribution in [3.05, 3.63) is 23.7 Å². The lowest BCUT2D eigenvalue weighted by molar-refractivity contribution is 0.602. The SMILES string of the molecule is CCCCCCCCc1nc2ncc(C)cc2[nH]1. The van der Waals surface area contributed by atoms with Gasteiger partial charge in [0.1, 0.15) is 5.82 Å². The van der Waals surface area contributed by atoms with Crippen molar-refractivity contribution in [1.82, 2.24) is 15.0 Å². The molecule has 18 heavy (non-hydrogen) atoms. The first-order valence-corrected chi connectivity index (χ1v) is 7.11. The van der Waals surface area contributed by atoms with Crippen LogP contribution in [-0.2, 0) is 6.42 Å². The number of pyridine rings is 1. The van der Waals surface area contributed by atoms with Crippen LogP contribution in [0.25, 0.3) is 11.2 Å². The Bertz CT molecular complexity index is 487. The fourth-order valence-electron chi connectivity index (χ4n) is 2.25. The summed E-state index contributed by atoms with van der Waals surface area (Å²) in [6.07, 6.45) is 10.9. The molecule has 98 valence electrons. The standard InChI is InChI=1S/C15H23N3/c1-3-4-5-6-7-8-9-14-17-13-10-12(2)11-16-15(13)18-14/h10-11H,3-9H2,1-2H3,(H,16,17,18). The number of aryl methyl sites for hydroxylation is 2. The number of aromatic nitrogens is 3. The Labute approximate surface area is 109 Å². The fraction of sp³-hybridized carbons (Fsp3) is 0.600. The Morgan fingerprint density at radius 1 is 1.11 bits per heavy atom. The van der Waals surface area contributed by atoms with Gasteiger partial charge in [-0.3, -0.25) is 0 Å². The van der Waals surface area contributed by atoms with E-state index in [2.05, 4.69) is 34.9 Å². The molecule has 0 aromatic carbocycles. The predicted molar refractivity (Wildman–Crippen MR) is 75.7 cm³/mol. The summed E-state index contributed by atoms with van der Waals surface area (Å²) < 4.78 is 0. The third-order valence-electron chi connectivity index (χ3n) is 3.29. The third-order valence-corrected chi connectivity index (χ3v) is 3.29. The van der Waals surface area contributed by atoms with Crippen molar-refractivity contribution in [2.45, 2.75) is 58.8 Å². The van der Waals surface area contributed by atoms with Gasteiger partial charge in [0, 0.05) is 12.6 Å². The summed E-state index contributed by atoms with van der Waals surface area (Å²) in [5, 5.41) is 0. The number of rotatable bonds is 7. The molecule has 0 unspecified atom stereocenters. The fourth-order valence-corrected chi connectivity index (χ4v) is 2.25. The summed E-state index contributed by atoms with van der Waals surface area (Å²) in [6, 6.07) is 2.11. The van der Waals surface area contributed by atoms with Gasteiger partial charge in [-0.05, 0) is 25.0 Å². The molecule has 0 fully saturated rings. The van der Waals surface area contributed by atoms with Gasteiger partial charge in [0.2, 0.25) is 0 Å². The first kappa shape index (κ1) is 13.1. The molecule has 3 nitrogen and oxygen atoms in total. The van der Waals surface area contributed by atoms with E-state index in [1.807, 2.05) is 6.20 Å². The minimum absolute atomic E-state index is 0.849. The molecule has 2 aromatic rings. The molecule has 1 N–H and O–H groups in total. The van der Waals surface area contributed by atoms with Crippen LogP contribution in [0.4, 0.5) is 0 Å². The van der Waals surface area contributed by atoms with Crippen molar-refractivity contribution in [3.8, 4) is 0 Å². The van der Waals surface area contributed by atoms with Gasteiger partial charge in [-0.15, -0.1) is 0 Å². The quantitative estimate of drug-likeness (QED) is 0.744. The van der Waals surface area contributed by atoms with E-state index in [1.54, 1.807) is 0 Å². The van der Waals surface area contributed by atoms with E-state index in [1.165, 1.54) is 44.1 Å². The Morgan fingerprint density at radius 2 is 1.89 bits per heavy atom. The summed E-state index contributed by atoms with van der Waals surface area (Å²) >= 11 is 0. The lowest BCUT2D eigenvalue weighted by Gasteiger charge is -1.98. The second-order valence-electron chi connectivity index (χ2n) is 5.09. The molecule has 0 aliphatic heterocycles. The minimum atomic E-state index is 0.849. The molecular weight excluding hydrogens is 222 g/mol. The van der Waals surface area contributed by atoms with E-state index < -0.39 is 0 Å². The molecule has 2 heterocycles. The van der Waals surface area contributed by atoms with Gasteiger partial charge in [0.05, 0.1) is 5.52 Å². The normalized spacial score (nSPS) is 11.2.